The predicted octanol–water partition coefficient (Wildman–Crippen LogP) is -2.31. The summed E-state index contributed by atoms with van der Waals surface area (Å²) in [6, 6.07) is 1.26. The van der Waals surface area contributed by atoms with Crippen molar-refractivity contribution in [3.8, 4) is 0 Å². The first-order valence-corrected chi connectivity index (χ1v) is 28.6. The topological polar surface area (TPSA) is 554 Å². The van der Waals surface area contributed by atoms with Crippen molar-refractivity contribution < 1.29 is 84.7 Å². The summed E-state index contributed by atoms with van der Waals surface area (Å²) in [5.74, 6) is -0.572. The average molecular weight is 1200 g/mol. The Labute approximate surface area is 449 Å². The number of phosphoric ester groups is 3. The maximum absolute atomic E-state index is 14.0. The lowest BCUT2D eigenvalue weighted by atomic mass is 10.2. The summed E-state index contributed by atoms with van der Waals surface area (Å²) < 4.78 is 103. The number of anilines is 4. The van der Waals surface area contributed by atoms with E-state index in [4.69, 9.17) is 69.0 Å². The molecule has 436 valence electrons. The fourth-order valence-corrected chi connectivity index (χ4v) is 12.5. The number of aliphatic hydroxyl groups is 2. The van der Waals surface area contributed by atoms with Crippen LogP contribution in [0.5, 0.6) is 0 Å². The van der Waals surface area contributed by atoms with Crippen molar-refractivity contribution in [1.82, 2.24) is 68.1 Å². The Bertz CT molecular complexity index is 3840. The van der Waals surface area contributed by atoms with E-state index in [1.54, 1.807) is 0 Å². The Morgan fingerprint density at radius 3 is 1.51 bits per heavy atom. The van der Waals surface area contributed by atoms with Gasteiger partial charge in [0.1, 0.15) is 85.3 Å². The average Bonchev–Trinajstić information content (AvgIpc) is 4.40. The smallest absolute Gasteiger partial charge is 0.394 e. The third-order valence-corrected chi connectivity index (χ3v) is 16.4. The summed E-state index contributed by atoms with van der Waals surface area (Å²) in [4.78, 5) is 108. The van der Waals surface area contributed by atoms with Gasteiger partial charge in [0, 0.05) is 31.9 Å². The second-order valence-electron chi connectivity index (χ2n) is 18.6. The van der Waals surface area contributed by atoms with Crippen molar-refractivity contribution in [3.63, 3.8) is 0 Å². The molecule has 7 aromatic heterocycles. The molecule has 15 N–H and O–H groups in total. The first-order chi connectivity index (χ1) is 38.5. The summed E-state index contributed by atoms with van der Waals surface area (Å²) in [6.07, 6.45) is -10.6. The number of phosphoric acid groups is 3. The lowest BCUT2D eigenvalue weighted by Crippen LogP contribution is -2.31. The van der Waals surface area contributed by atoms with Gasteiger partial charge in [-0.25, -0.2) is 43.4 Å². The minimum atomic E-state index is -5.35. The normalized spacial score (nSPS) is 29.2. The van der Waals surface area contributed by atoms with Crippen LogP contribution in [0.4, 0.5) is 23.5 Å². The molecule has 0 aromatic carbocycles. The predicted molar refractivity (Wildman–Crippen MR) is 267 cm³/mol. The quantitative estimate of drug-likeness (QED) is 0.0357. The van der Waals surface area contributed by atoms with E-state index in [1.165, 1.54) is 44.9 Å². The molecule has 0 bridgehead atoms. The number of ether oxygens (including phenoxy) is 4. The number of nitrogens with two attached hydrogens (primary N) is 4. The third-order valence-electron chi connectivity index (χ3n) is 13.3. The molecule has 0 aliphatic carbocycles. The van der Waals surface area contributed by atoms with Gasteiger partial charge in [0.05, 0.1) is 51.5 Å². The number of rotatable bonds is 20. The highest BCUT2D eigenvalue weighted by atomic mass is 31.2. The number of aliphatic hydroxyl groups excluding tert-OH is 2. The van der Waals surface area contributed by atoms with Crippen LogP contribution in [0.25, 0.3) is 33.5 Å². The van der Waals surface area contributed by atoms with Gasteiger partial charge < -0.3 is 66.8 Å². The first-order valence-electron chi connectivity index (χ1n) is 24.1. The molecule has 3 unspecified atom stereocenters. The molecule has 11 rings (SSSR count). The largest absolute Gasteiger partial charge is 0.472 e. The molecule has 7 aromatic rings. The molecule has 39 nitrogen and oxygen atoms in total. The summed E-state index contributed by atoms with van der Waals surface area (Å²) in [6.45, 7) is -3.25. The van der Waals surface area contributed by atoms with Crippen LogP contribution in [-0.2, 0) is 59.8 Å². The number of imidazole rings is 3. The molecule has 81 heavy (non-hydrogen) atoms. The molecule has 0 radical (unpaired) electrons. The van der Waals surface area contributed by atoms with Crippen LogP contribution in [0.2, 0.25) is 0 Å². The van der Waals surface area contributed by atoms with E-state index in [9.17, 15) is 53.0 Å². The van der Waals surface area contributed by atoms with Gasteiger partial charge in [0.25, 0.3) is 11.1 Å². The van der Waals surface area contributed by atoms with Gasteiger partial charge in [-0.3, -0.25) is 65.0 Å². The van der Waals surface area contributed by atoms with Gasteiger partial charge in [-0.15, -0.1) is 0 Å². The van der Waals surface area contributed by atoms with Crippen LogP contribution in [0.1, 0.15) is 50.6 Å². The van der Waals surface area contributed by atoms with Gasteiger partial charge >= 0.3 is 29.2 Å². The fourth-order valence-electron chi connectivity index (χ4n) is 9.59. The second kappa shape index (κ2) is 22.0. The van der Waals surface area contributed by atoms with Crippen LogP contribution in [-0.4, -0.2) is 168 Å². The van der Waals surface area contributed by atoms with Gasteiger partial charge in [-0.2, -0.15) is 15.0 Å². The van der Waals surface area contributed by atoms with Crippen molar-refractivity contribution in [2.24, 2.45) is 0 Å². The molecular weight excluding hydrogens is 1150 g/mol. The summed E-state index contributed by atoms with van der Waals surface area (Å²) >= 11 is 0. The Hall–Kier alpha value is -6.58. The maximum atomic E-state index is 14.0. The highest BCUT2D eigenvalue weighted by molar-refractivity contribution is 7.48. The zero-order valence-corrected chi connectivity index (χ0v) is 44.0. The highest BCUT2D eigenvalue weighted by Crippen LogP contribution is 2.54. The number of aromatic amines is 2. The van der Waals surface area contributed by atoms with Crippen LogP contribution in [0, 0.1) is 0 Å². The number of hydrogen-bond donors (Lipinski definition) is 11. The maximum Gasteiger partial charge on any atom is 0.472 e. The monoisotopic (exact) mass is 1200 g/mol. The van der Waals surface area contributed by atoms with E-state index in [0.717, 1.165) is 10.9 Å². The van der Waals surface area contributed by atoms with Gasteiger partial charge in [-0.05, 0) is 6.07 Å². The number of hydrogen-bond acceptors (Lipinski definition) is 30. The van der Waals surface area contributed by atoms with E-state index < -0.39 is 147 Å². The molecule has 0 amide bonds. The van der Waals surface area contributed by atoms with Gasteiger partial charge in [0.15, 0.2) is 33.8 Å². The number of nitrogens with one attached hydrogen (secondary N) is 2. The number of nitrogens with zero attached hydrogens (tertiary/aromatic N) is 12. The third kappa shape index (κ3) is 11.8. The van der Waals surface area contributed by atoms with Gasteiger partial charge in [-0.1, -0.05) is 0 Å². The zero-order valence-electron chi connectivity index (χ0n) is 41.3. The summed E-state index contributed by atoms with van der Waals surface area (Å²) in [5.41, 5.74) is 21.2. The Balaban J connectivity index is 0.770. The van der Waals surface area contributed by atoms with Crippen LogP contribution >= 0.6 is 23.5 Å². The molecule has 42 heteroatoms. The summed E-state index contributed by atoms with van der Waals surface area (Å²) in [7, 11) is -15.7. The van der Waals surface area contributed by atoms with Crippen molar-refractivity contribution >= 4 is 80.5 Å². The zero-order chi connectivity index (χ0) is 57.3. The molecule has 0 saturated carbocycles. The second-order valence-corrected chi connectivity index (χ2v) is 22.8. The highest BCUT2D eigenvalue weighted by Gasteiger charge is 2.48. The molecule has 4 aliphatic rings. The number of fused-ring (bicyclic) bond motifs is 3. The van der Waals surface area contributed by atoms with Gasteiger partial charge in [0.2, 0.25) is 11.9 Å². The van der Waals surface area contributed by atoms with E-state index >= 15 is 0 Å². The van der Waals surface area contributed by atoms with Crippen LogP contribution < -0.4 is 39.7 Å². The number of aromatic nitrogens is 14. The molecule has 4 saturated heterocycles. The first kappa shape index (κ1) is 56.3. The minimum Gasteiger partial charge on any atom is -0.394 e. The van der Waals surface area contributed by atoms with Crippen LogP contribution in [0.15, 0.2) is 52.0 Å². The van der Waals surface area contributed by atoms with E-state index in [0.29, 0.717) is 0 Å². The molecule has 4 aliphatic heterocycles. The standard InChI is InChI=1S/C39H49N18O21P3/c40-23-1-2-54(39(62)49-23)25-5-17(21(74-25)9-70-80(65,66)76-16-4-27(72-19(16)7-58)57-14-48-30-34(57)51-38(43)53-36(30)61)77-81(67,68)71-10-22-18(6-26(75-22)55-12-46-28-31(41)44-11-45-32(28)55)78-79(63,64)69-8-20-15(59)3-24(73-20)56-13-47-29-33(56)50-37(42)52-35(29)60/h1-2,11-22,24-27,58-59H,3-10H2,(H,63,64)(H,65,66)(H,67,68)(H2,40,49,62)(H2,41,44,45)(H3,42,50,52,60)(H3,43,51,53,61)/t15-,16-,17-,18-,19+,20+,21+,22+,24+,25+,26+,27+/m0/s1. The minimum absolute atomic E-state index is 0.0103. The molecular formula is C39H49N18O21P3. The summed E-state index contributed by atoms with van der Waals surface area (Å²) in [5, 5.41) is 21.0. The van der Waals surface area contributed by atoms with Crippen molar-refractivity contribution in [2.75, 3.05) is 49.4 Å². The molecule has 4 fully saturated rings. The van der Waals surface area contributed by atoms with Crippen LogP contribution in [0.3, 0.4) is 0 Å². The Kier molecular flexibility index (Phi) is 15.3. The molecule has 15 atom stereocenters. The Morgan fingerprint density at radius 1 is 0.568 bits per heavy atom. The molecule has 0 spiro atoms. The lowest BCUT2D eigenvalue weighted by molar-refractivity contribution is -0.0627. The van der Waals surface area contributed by atoms with Crippen molar-refractivity contribution in [2.45, 2.75) is 99.4 Å². The van der Waals surface area contributed by atoms with E-state index in [1.807, 2.05) is 0 Å². The lowest BCUT2D eigenvalue weighted by Gasteiger charge is -2.25. The van der Waals surface area contributed by atoms with Crippen molar-refractivity contribution in [3.05, 3.63) is 68.8 Å². The fraction of sp³-hybridized carbons (Fsp3) is 0.513. The van der Waals surface area contributed by atoms with Crippen molar-refractivity contribution in [1.29, 1.82) is 0 Å². The van der Waals surface area contributed by atoms with E-state index in [2.05, 4.69) is 49.8 Å². The number of H-pyrrole nitrogens is 2. The van der Waals surface area contributed by atoms with E-state index in [-0.39, 0.29) is 76.3 Å². The molecule has 11 heterocycles. The SMILES string of the molecule is Nc1ccn([C@H]2C[C@H](OP(=O)(O)OC[C@H]3O[C@@H](n4cnc5c(N)ncnc54)C[C@@H]3OP(=O)(O)OC[C@H]3O[C@@H](n4cnc5c(=O)[nH]c(N)nc54)C[C@@H]3O)[C@@H](COP(=O)(O)O[C@H]3C[C@H](n4cnc5c(=O)[nH]c(N)nc54)O[C@@H]3CO)O2)c(=O)n1. The number of nitrogen functional groups attached to an aromatic ring is 4. The Morgan fingerprint density at radius 2 is 1.00 bits per heavy atom.